The Hall–Kier alpha value is -1.64. The molecule has 3 N–H and O–H groups in total. The van der Waals surface area contributed by atoms with Crippen molar-refractivity contribution in [3.63, 3.8) is 0 Å². The number of carbonyl (C=O) groups is 1. The molecule has 1 amide bonds. The highest BCUT2D eigenvalue weighted by molar-refractivity contribution is 7.98. The number of hydrogen-bond acceptors (Lipinski definition) is 4. The second-order valence-corrected chi connectivity index (χ2v) is 5.16. The summed E-state index contributed by atoms with van der Waals surface area (Å²) in [4.78, 5) is 12.1. The Morgan fingerprint density at radius 1 is 1.55 bits per heavy atom. The van der Waals surface area contributed by atoms with E-state index in [9.17, 15) is 4.79 Å². The van der Waals surface area contributed by atoms with Gasteiger partial charge in [-0.1, -0.05) is 11.8 Å². The van der Waals surface area contributed by atoms with Crippen molar-refractivity contribution in [1.29, 1.82) is 0 Å². The van der Waals surface area contributed by atoms with Gasteiger partial charge < -0.3 is 15.8 Å². The maximum Gasteiger partial charge on any atom is 0.251 e. The van der Waals surface area contributed by atoms with Gasteiger partial charge in [0.25, 0.3) is 5.91 Å². The highest BCUT2D eigenvalue weighted by Gasteiger charge is 2.11. The second-order valence-electron chi connectivity index (χ2n) is 4.25. The average Bonchev–Trinajstić information content (AvgIpc) is 2.44. The van der Waals surface area contributed by atoms with Gasteiger partial charge in [0.05, 0.1) is 19.2 Å². The van der Waals surface area contributed by atoms with Crippen LogP contribution in [0, 0.1) is 11.8 Å². The number of carbonyl (C=O) groups excluding carboxylic acids is 1. The molecule has 0 aliphatic carbocycles. The Bertz CT molecular complexity index is 520. The summed E-state index contributed by atoms with van der Waals surface area (Å²) in [6.07, 6.45) is 2.01. The third-order valence-electron chi connectivity index (χ3n) is 2.58. The van der Waals surface area contributed by atoms with E-state index in [-0.39, 0.29) is 18.5 Å². The molecule has 0 spiro atoms. The Morgan fingerprint density at radius 2 is 2.30 bits per heavy atom. The lowest BCUT2D eigenvalue weighted by atomic mass is 10.1. The molecule has 0 radical (unpaired) electrons. The van der Waals surface area contributed by atoms with E-state index in [1.165, 1.54) is 0 Å². The van der Waals surface area contributed by atoms with E-state index in [0.717, 1.165) is 5.75 Å². The predicted molar refractivity (Wildman–Crippen MR) is 84.2 cm³/mol. The average molecular weight is 292 g/mol. The van der Waals surface area contributed by atoms with Crippen LogP contribution in [0.1, 0.15) is 22.8 Å². The first-order valence-electron chi connectivity index (χ1n) is 6.29. The molecule has 4 nitrogen and oxygen atoms in total. The van der Waals surface area contributed by atoms with Crippen molar-refractivity contribution < 1.29 is 9.53 Å². The van der Waals surface area contributed by atoms with Crippen molar-refractivity contribution in [2.45, 2.75) is 13.0 Å². The molecule has 0 aliphatic rings. The standard InChI is InChI=1S/C15H20N2O2S/c1-11(10-20-3)17-15(18)13-6-7-14(19-2)12(9-13)5-4-8-16/h6-7,9,11H,8,10,16H2,1-3H3,(H,17,18). The van der Waals surface area contributed by atoms with E-state index in [4.69, 9.17) is 10.5 Å². The van der Waals surface area contributed by atoms with Crippen LogP contribution < -0.4 is 15.8 Å². The minimum Gasteiger partial charge on any atom is -0.495 e. The van der Waals surface area contributed by atoms with Crippen LogP contribution in [0.25, 0.3) is 0 Å². The summed E-state index contributed by atoms with van der Waals surface area (Å²) in [5.41, 5.74) is 6.61. The van der Waals surface area contributed by atoms with E-state index in [0.29, 0.717) is 16.9 Å². The van der Waals surface area contributed by atoms with Crippen molar-refractivity contribution in [2.24, 2.45) is 5.73 Å². The van der Waals surface area contributed by atoms with E-state index in [2.05, 4.69) is 17.2 Å². The first kappa shape index (κ1) is 16.4. The van der Waals surface area contributed by atoms with Crippen LogP contribution in [0.2, 0.25) is 0 Å². The predicted octanol–water partition coefficient (Wildman–Crippen LogP) is 1.49. The van der Waals surface area contributed by atoms with Crippen molar-refractivity contribution in [2.75, 3.05) is 25.7 Å². The molecule has 108 valence electrons. The summed E-state index contributed by atoms with van der Waals surface area (Å²) in [7, 11) is 1.57. The zero-order chi connectivity index (χ0) is 15.0. The molecule has 1 atom stereocenters. The molecule has 5 heteroatoms. The SMILES string of the molecule is COc1ccc(C(=O)NC(C)CSC)cc1C#CCN. The molecule has 1 aromatic carbocycles. The number of hydrogen-bond donors (Lipinski definition) is 2. The van der Waals surface area contributed by atoms with Gasteiger partial charge in [-0.25, -0.2) is 0 Å². The fraction of sp³-hybridized carbons (Fsp3) is 0.400. The third kappa shape index (κ3) is 4.80. The van der Waals surface area contributed by atoms with Crippen LogP contribution in [0.15, 0.2) is 18.2 Å². The van der Waals surface area contributed by atoms with Crippen LogP contribution in [0.4, 0.5) is 0 Å². The largest absolute Gasteiger partial charge is 0.495 e. The van der Waals surface area contributed by atoms with Crippen molar-refractivity contribution in [3.8, 4) is 17.6 Å². The van der Waals surface area contributed by atoms with Gasteiger partial charge >= 0.3 is 0 Å². The molecule has 0 aliphatic heterocycles. The number of nitrogens with one attached hydrogen (secondary N) is 1. The van der Waals surface area contributed by atoms with E-state index < -0.39 is 0 Å². The molecule has 1 aromatic rings. The molecule has 0 aromatic heterocycles. The highest BCUT2D eigenvalue weighted by Crippen LogP contribution is 2.19. The molecule has 0 saturated carbocycles. The first-order valence-corrected chi connectivity index (χ1v) is 7.68. The van der Waals surface area contributed by atoms with Crippen molar-refractivity contribution >= 4 is 17.7 Å². The maximum atomic E-state index is 12.1. The first-order chi connectivity index (χ1) is 9.62. The molecule has 0 saturated heterocycles. The number of rotatable bonds is 5. The van der Waals surface area contributed by atoms with Gasteiger partial charge in [0.1, 0.15) is 5.75 Å². The molecule has 0 fully saturated rings. The lowest BCUT2D eigenvalue weighted by Crippen LogP contribution is -2.34. The number of methoxy groups -OCH3 is 1. The molecule has 0 heterocycles. The summed E-state index contributed by atoms with van der Waals surface area (Å²) in [5, 5.41) is 2.94. The van der Waals surface area contributed by atoms with Crippen LogP contribution in [0.5, 0.6) is 5.75 Å². The van der Waals surface area contributed by atoms with Gasteiger partial charge in [0, 0.05) is 17.4 Å². The number of benzene rings is 1. The molecule has 20 heavy (non-hydrogen) atoms. The molecule has 1 unspecified atom stereocenters. The summed E-state index contributed by atoms with van der Waals surface area (Å²) in [5.74, 6) is 7.09. The topological polar surface area (TPSA) is 64.3 Å². The Balaban J connectivity index is 2.93. The minimum absolute atomic E-state index is 0.106. The second kappa shape index (κ2) is 8.51. The van der Waals surface area contributed by atoms with Crippen molar-refractivity contribution in [1.82, 2.24) is 5.32 Å². The number of amides is 1. The number of nitrogens with two attached hydrogens (primary N) is 1. The quantitative estimate of drug-likeness (QED) is 0.807. The van der Waals surface area contributed by atoms with Gasteiger partial charge in [0.15, 0.2) is 0 Å². The van der Waals surface area contributed by atoms with Gasteiger partial charge in [-0.2, -0.15) is 11.8 Å². The monoisotopic (exact) mass is 292 g/mol. The van der Waals surface area contributed by atoms with E-state index in [1.54, 1.807) is 37.1 Å². The maximum absolute atomic E-state index is 12.1. The Kier molecular flexibility index (Phi) is 6.99. The zero-order valence-electron chi connectivity index (χ0n) is 12.0. The van der Waals surface area contributed by atoms with Crippen LogP contribution in [-0.4, -0.2) is 37.6 Å². The summed E-state index contributed by atoms with van der Waals surface area (Å²) >= 11 is 1.70. The van der Waals surface area contributed by atoms with Gasteiger partial charge in [-0.15, -0.1) is 0 Å². The van der Waals surface area contributed by atoms with Gasteiger partial charge in [0.2, 0.25) is 0 Å². The van der Waals surface area contributed by atoms with Gasteiger partial charge in [-0.3, -0.25) is 4.79 Å². The lowest BCUT2D eigenvalue weighted by Gasteiger charge is -2.13. The summed E-state index contributed by atoms with van der Waals surface area (Å²) in [6, 6.07) is 5.32. The summed E-state index contributed by atoms with van der Waals surface area (Å²) in [6.45, 7) is 2.25. The van der Waals surface area contributed by atoms with Crippen molar-refractivity contribution in [3.05, 3.63) is 29.3 Å². The Labute approximate surface area is 124 Å². The molecule has 0 bridgehead atoms. The normalized spacial score (nSPS) is 11.2. The van der Waals surface area contributed by atoms with E-state index in [1.807, 2.05) is 13.2 Å². The highest BCUT2D eigenvalue weighted by atomic mass is 32.2. The summed E-state index contributed by atoms with van der Waals surface area (Å²) < 4.78 is 5.22. The van der Waals surface area contributed by atoms with Gasteiger partial charge in [-0.05, 0) is 31.4 Å². The fourth-order valence-corrected chi connectivity index (χ4v) is 2.28. The van der Waals surface area contributed by atoms with Crippen LogP contribution in [-0.2, 0) is 0 Å². The van der Waals surface area contributed by atoms with E-state index >= 15 is 0 Å². The van der Waals surface area contributed by atoms with Crippen LogP contribution >= 0.6 is 11.8 Å². The Morgan fingerprint density at radius 3 is 2.90 bits per heavy atom. The molecule has 1 rings (SSSR count). The molecular formula is C15H20N2O2S. The fourth-order valence-electron chi connectivity index (χ4n) is 1.69. The van der Waals surface area contributed by atoms with Crippen LogP contribution in [0.3, 0.4) is 0 Å². The minimum atomic E-state index is -0.106. The number of thioether (sulfide) groups is 1. The molecular weight excluding hydrogens is 272 g/mol. The third-order valence-corrected chi connectivity index (χ3v) is 3.41. The zero-order valence-corrected chi connectivity index (χ0v) is 12.8. The lowest BCUT2D eigenvalue weighted by molar-refractivity contribution is 0.0943. The number of ether oxygens (including phenoxy) is 1. The smallest absolute Gasteiger partial charge is 0.251 e.